The van der Waals surface area contributed by atoms with Gasteiger partial charge in [0.1, 0.15) is 5.01 Å². The van der Waals surface area contributed by atoms with Gasteiger partial charge in [-0.3, -0.25) is 4.90 Å². The van der Waals surface area contributed by atoms with Crippen LogP contribution in [0.2, 0.25) is 0 Å². The standard InChI is InChI=1S/C12H21N3S/c1-9-10(2)15(6-4-11(9)13-3)8-12-14-5-7-16-12/h5,7,9-11,13H,4,6,8H2,1-3H3. The number of thiazole rings is 1. The fourth-order valence-electron chi connectivity index (χ4n) is 2.58. The monoisotopic (exact) mass is 239 g/mol. The van der Waals surface area contributed by atoms with E-state index >= 15 is 0 Å². The quantitative estimate of drug-likeness (QED) is 0.874. The minimum Gasteiger partial charge on any atom is -0.317 e. The van der Waals surface area contributed by atoms with Crippen molar-refractivity contribution in [3.05, 3.63) is 16.6 Å². The van der Waals surface area contributed by atoms with Crippen molar-refractivity contribution in [3.8, 4) is 0 Å². The number of aromatic nitrogens is 1. The lowest BCUT2D eigenvalue weighted by Crippen LogP contribution is -2.52. The summed E-state index contributed by atoms with van der Waals surface area (Å²) in [5, 5.41) is 6.72. The smallest absolute Gasteiger partial charge is 0.107 e. The van der Waals surface area contributed by atoms with Gasteiger partial charge in [0.25, 0.3) is 0 Å². The lowest BCUT2D eigenvalue weighted by Gasteiger charge is -2.42. The molecular formula is C12H21N3S. The number of hydrogen-bond donors (Lipinski definition) is 1. The summed E-state index contributed by atoms with van der Waals surface area (Å²) in [6.07, 6.45) is 3.14. The highest BCUT2D eigenvalue weighted by atomic mass is 32.1. The van der Waals surface area contributed by atoms with Crippen molar-refractivity contribution in [1.82, 2.24) is 15.2 Å². The number of rotatable bonds is 3. The van der Waals surface area contributed by atoms with Crippen LogP contribution in [0.4, 0.5) is 0 Å². The van der Waals surface area contributed by atoms with Gasteiger partial charge in [0.2, 0.25) is 0 Å². The SMILES string of the molecule is CNC1CCN(Cc2nccs2)C(C)C1C. The second-order valence-corrected chi connectivity index (χ2v) is 5.66. The predicted molar refractivity (Wildman–Crippen MR) is 68.6 cm³/mol. The maximum absolute atomic E-state index is 4.37. The van der Waals surface area contributed by atoms with Gasteiger partial charge in [-0.2, -0.15) is 0 Å². The van der Waals surface area contributed by atoms with E-state index in [4.69, 9.17) is 0 Å². The number of hydrogen-bond acceptors (Lipinski definition) is 4. The molecule has 90 valence electrons. The minimum absolute atomic E-state index is 0.634. The van der Waals surface area contributed by atoms with Gasteiger partial charge in [0.15, 0.2) is 0 Å². The highest BCUT2D eigenvalue weighted by molar-refractivity contribution is 7.09. The Balaban J connectivity index is 1.97. The Labute approximate surface area is 102 Å². The Morgan fingerprint density at radius 3 is 3.00 bits per heavy atom. The van der Waals surface area contributed by atoms with E-state index in [-0.39, 0.29) is 0 Å². The third kappa shape index (κ3) is 2.44. The van der Waals surface area contributed by atoms with Gasteiger partial charge in [-0.15, -0.1) is 11.3 Å². The summed E-state index contributed by atoms with van der Waals surface area (Å²) in [5.41, 5.74) is 0. The molecule has 1 fully saturated rings. The van der Waals surface area contributed by atoms with Crippen LogP contribution in [-0.4, -0.2) is 35.6 Å². The molecule has 1 aromatic rings. The van der Waals surface area contributed by atoms with E-state index in [1.165, 1.54) is 18.0 Å². The van der Waals surface area contributed by atoms with E-state index in [1.807, 2.05) is 6.20 Å². The molecule has 1 N–H and O–H groups in total. The molecule has 0 aliphatic carbocycles. The Kier molecular flexibility index (Phi) is 3.95. The lowest BCUT2D eigenvalue weighted by molar-refractivity contribution is 0.0810. The summed E-state index contributed by atoms with van der Waals surface area (Å²) >= 11 is 1.76. The van der Waals surface area contributed by atoms with Gasteiger partial charge in [-0.25, -0.2) is 4.98 Å². The first-order valence-corrected chi connectivity index (χ1v) is 6.90. The van der Waals surface area contributed by atoms with E-state index in [0.29, 0.717) is 18.0 Å². The van der Waals surface area contributed by atoms with Crippen LogP contribution in [0.25, 0.3) is 0 Å². The van der Waals surface area contributed by atoms with Gasteiger partial charge in [0.05, 0.1) is 6.54 Å². The molecule has 0 aromatic carbocycles. The van der Waals surface area contributed by atoms with Gasteiger partial charge in [0, 0.05) is 30.2 Å². The lowest BCUT2D eigenvalue weighted by atomic mass is 9.87. The molecule has 3 unspecified atom stereocenters. The molecule has 16 heavy (non-hydrogen) atoms. The van der Waals surface area contributed by atoms with E-state index in [0.717, 1.165) is 6.54 Å². The van der Waals surface area contributed by atoms with Crippen molar-refractivity contribution in [2.24, 2.45) is 5.92 Å². The Bertz CT molecular complexity index is 312. The van der Waals surface area contributed by atoms with E-state index in [9.17, 15) is 0 Å². The summed E-state index contributed by atoms with van der Waals surface area (Å²) in [6, 6.07) is 1.30. The molecule has 3 atom stereocenters. The third-order valence-corrected chi connectivity index (χ3v) is 4.66. The predicted octanol–water partition coefficient (Wildman–Crippen LogP) is 1.96. The average molecular weight is 239 g/mol. The molecule has 1 saturated heterocycles. The van der Waals surface area contributed by atoms with Crippen LogP contribution in [0, 0.1) is 5.92 Å². The van der Waals surface area contributed by atoms with Crippen LogP contribution >= 0.6 is 11.3 Å². The minimum atomic E-state index is 0.634. The van der Waals surface area contributed by atoms with Crippen LogP contribution in [0.3, 0.4) is 0 Å². The maximum atomic E-state index is 4.37. The first kappa shape index (κ1) is 12.0. The van der Waals surface area contributed by atoms with E-state index < -0.39 is 0 Å². The van der Waals surface area contributed by atoms with Crippen LogP contribution in [0.5, 0.6) is 0 Å². The maximum Gasteiger partial charge on any atom is 0.107 e. The fraction of sp³-hybridized carbons (Fsp3) is 0.750. The number of likely N-dealkylation sites (tertiary alicyclic amines) is 1. The molecular weight excluding hydrogens is 218 g/mol. The summed E-state index contributed by atoms with van der Waals surface area (Å²) in [5.74, 6) is 0.707. The van der Waals surface area contributed by atoms with E-state index in [2.05, 4.69) is 41.5 Å². The zero-order valence-corrected chi connectivity index (χ0v) is 11.1. The average Bonchev–Trinajstić information content (AvgIpc) is 2.78. The van der Waals surface area contributed by atoms with Crippen LogP contribution < -0.4 is 5.32 Å². The zero-order chi connectivity index (χ0) is 11.5. The van der Waals surface area contributed by atoms with Crippen molar-refractivity contribution < 1.29 is 0 Å². The fourth-order valence-corrected chi connectivity index (χ4v) is 3.22. The van der Waals surface area contributed by atoms with Crippen molar-refractivity contribution >= 4 is 11.3 Å². The van der Waals surface area contributed by atoms with Gasteiger partial charge in [-0.05, 0) is 26.3 Å². The van der Waals surface area contributed by atoms with Crippen molar-refractivity contribution in [2.75, 3.05) is 13.6 Å². The normalized spacial score (nSPS) is 31.8. The molecule has 3 nitrogen and oxygen atoms in total. The summed E-state index contributed by atoms with van der Waals surface area (Å²) in [4.78, 5) is 6.92. The highest BCUT2D eigenvalue weighted by Crippen LogP contribution is 2.25. The second kappa shape index (κ2) is 5.25. The molecule has 2 heterocycles. The molecule has 0 amide bonds. The summed E-state index contributed by atoms with van der Waals surface area (Å²) in [7, 11) is 2.07. The molecule has 0 radical (unpaired) electrons. The van der Waals surface area contributed by atoms with Gasteiger partial charge < -0.3 is 5.32 Å². The summed E-state index contributed by atoms with van der Waals surface area (Å²) < 4.78 is 0. The molecule has 0 spiro atoms. The topological polar surface area (TPSA) is 28.2 Å². The zero-order valence-electron chi connectivity index (χ0n) is 10.3. The summed E-state index contributed by atoms with van der Waals surface area (Å²) in [6.45, 7) is 6.87. The first-order valence-electron chi connectivity index (χ1n) is 6.02. The van der Waals surface area contributed by atoms with Gasteiger partial charge in [-0.1, -0.05) is 6.92 Å². The van der Waals surface area contributed by atoms with Gasteiger partial charge >= 0.3 is 0 Å². The second-order valence-electron chi connectivity index (χ2n) is 4.68. The molecule has 1 aliphatic heterocycles. The Morgan fingerprint density at radius 2 is 2.38 bits per heavy atom. The third-order valence-electron chi connectivity index (χ3n) is 3.89. The van der Waals surface area contributed by atoms with Crippen LogP contribution in [0.1, 0.15) is 25.3 Å². The molecule has 0 bridgehead atoms. The Morgan fingerprint density at radius 1 is 1.56 bits per heavy atom. The molecule has 1 aliphatic rings. The van der Waals surface area contributed by atoms with Crippen LogP contribution in [-0.2, 0) is 6.54 Å². The van der Waals surface area contributed by atoms with Crippen molar-refractivity contribution in [1.29, 1.82) is 0 Å². The highest BCUT2D eigenvalue weighted by Gasteiger charge is 2.31. The van der Waals surface area contributed by atoms with E-state index in [1.54, 1.807) is 11.3 Å². The molecule has 4 heteroatoms. The van der Waals surface area contributed by atoms with Crippen LogP contribution in [0.15, 0.2) is 11.6 Å². The number of nitrogens with zero attached hydrogens (tertiary/aromatic N) is 2. The van der Waals surface area contributed by atoms with Crippen molar-refractivity contribution in [3.63, 3.8) is 0 Å². The molecule has 1 aromatic heterocycles. The first-order chi connectivity index (χ1) is 7.72. The number of nitrogens with one attached hydrogen (secondary N) is 1. The Hall–Kier alpha value is -0.450. The largest absolute Gasteiger partial charge is 0.317 e. The molecule has 2 rings (SSSR count). The van der Waals surface area contributed by atoms with Crippen molar-refractivity contribution in [2.45, 2.75) is 38.9 Å². The molecule has 0 saturated carbocycles. The number of piperidine rings is 1.